The Morgan fingerprint density at radius 2 is 1.36 bits per heavy atom. The third-order valence-electron chi connectivity index (χ3n) is 9.72. The lowest BCUT2D eigenvalue weighted by Crippen LogP contribution is -2.59. The first-order valence-corrected chi connectivity index (χ1v) is 16.7. The number of hydrogen-bond acceptors (Lipinski definition) is 2. The number of rotatable bonds is 3. The molecule has 1 aliphatic heterocycles. The third kappa shape index (κ3) is 3.23. The van der Waals surface area contributed by atoms with Crippen LogP contribution in [0.1, 0.15) is 12.5 Å². The fraction of sp³-hybridized carbons (Fsp3) is 0.333. The Balaban J connectivity index is 1.27. The molecule has 182 valence electrons. The maximum Gasteiger partial charge on any atom is 0.129 e. The standard InChI is InChI=1S/C33H36N2Si/c1-22-34-32-28(25-19-10-13-23-12-4-5-14-24(23)25)20-11-21-31(32)35(22)36(2,3)33-29-17-8-6-15-26(29)27-16-7-9-18-30(27)33/h4-22,26-27,29-34H,1-3H3/t22-,26?,27?,29?,30?,31+,32?,33?/m0/s1. The second-order valence-electron chi connectivity index (χ2n) is 11.8. The van der Waals surface area contributed by atoms with Crippen LogP contribution in [0.5, 0.6) is 0 Å². The Bertz CT molecular complexity index is 1340. The lowest BCUT2D eigenvalue weighted by molar-refractivity contribution is 0.338. The van der Waals surface area contributed by atoms with Crippen molar-refractivity contribution in [2.45, 2.75) is 43.8 Å². The van der Waals surface area contributed by atoms with Gasteiger partial charge in [0, 0.05) is 6.04 Å². The molecule has 4 aliphatic carbocycles. The monoisotopic (exact) mass is 488 g/mol. The average Bonchev–Trinajstić information content (AvgIpc) is 3.43. The van der Waals surface area contributed by atoms with Crippen molar-refractivity contribution >= 4 is 24.6 Å². The normalized spacial score (nSPS) is 36.7. The van der Waals surface area contributed by atoms with Crippen molar-refractivity contribution in [2.75, 3.05) is 0 Å². The Hall–Kier alpha value is -2.72. The fourth-order valence-corrected chi connectivity index (χ4v) is 13.4. The highest BCUT2D eigenvalue weighted by molar-refractivity contribution is 6.76. The largest absolute Gasteiger partial charge is 0.301 e. The Morgan fingerprint density at radius 3 is 2.08 bits per heavy atom. The number of benzene rings is 2. The van der Waals surface area contributed by atoms with Crippen molar-refractivity contribution in [1.82, 2.24) is 9.88 Å². The molecule has 5 unspecified atom stereocenters. The molecule has 0 bridgehead atoms. The first-order valence-electron chi connectivity index (χ1n) is 13.7. The predicted octanol–water partition coefficient (Wildman–Crippen LogP) is 7.09. The summed E-state index contributed by atoms with van der Waals surface area (Å²) in [5.41, 5.74) is 3.50. The summed E-state index contributed by atoms with van der Waals surface area (Å²) in [6.07, 6.45) is 26.7. The van der Waals surface area contributed by atoms with Crippen molar-refractivity contribution in [3.8, 4) is 0 Å². The quantitative estimate of drug-likeness (QED) is 0.464. The molecule has 1 saturated heterocycles. The van der Waals surface area contributed by atoms with Crippen LogP contribution < -0.4 is 5.32 Å². The topological polar surface area (TPSA) is 15.3 Å². The van der Waals surface area contributed by atoms with Crippen LogP contribution in [0.2, 0.25) is 18.6 Å². The van der Waals surface area contributed by atoms with Gasteiger partial charge in [-0.2, -0.15) is 0 Å². The molecular formula is C33H36N2Si. The first kappa shape index (κ1) is 22.5. The number of nitrogens with one attached hydrogen (secondary N) is 1. The maximum absolute atomic E-state index is 4.07. The molecule has 7 rings (SSSR count). The Labute approximate surface area is 216 Å². The summed E-state index contributed by atoms with van der Waals surface area (Å²) in [6, 6.07) is 16.3. The van der Waals surface area contributed by atoms with Crippen LogP contribution in [0, 0.1) is 23.7 Å². The molecular weight excluding hydrogens is 452 g/mol. The van der Waals surface area contributed by atoms with Gasteiger partial charge in [-0.15, -0.1) is 0 Å². The van der Waals surface area contributed by atoms with Gasteiger partial charge in [0.1, 0.15) is 8.24 Å². The van der Waals surface area contributed by atoms with E-state index in [1.165, 1.54) is 21.9 Å². The van der Waals surface area contributed by atoms with Crippen LogP contribution in [-0.2, 0) is 0 Å². The van der Waals surface area contributed by atoms with Crippen LogP contribution in [-0.4, -0.2) is 31.1 Å². The molecule has 2 aromatic carbocycles. The van der Waals surface area contributed by atoms with E-state index in [-0.39, 0.29) is 0 Å². The van der Waals surface area contributed by atoms with Crippen LogP contribution in [0.4, 0.5) is 0 Å². The Kier molecular flexibility index (Phi) is 5.25. The van der Waals surface area contributed by atoms with E-state index in [1.807, 2.05) is 0 Å². The highest BCUT2D eigenvalue weighted by Crippen LogP contribution is 2.59. The molecule has 0 amide bonds. The second-order valence-corrected chi connectivity index (χ2v) is 16.3. The van der Waals surface area contributed by atoms with E-state index in [2.05, 4.69) is 139 Å². The molecule has 1 heterocycles. The fourth-order valence-electron chi connectivity index (χ4n) is 8.47. The van der Waals surface area contributed by atoms with Crippen LogP contribution in [0.25, 0.3) is 16.3 Å². The van der Waals surface area contributed by atoms with Gasteiger partial charge < -0.3 is 4.57 Å². The summed E-state index contributed by atoms with van der Waals surface area (Å²) < 4.78 is 2.94. The lowest BCUT2D eigenvalue weighted by atomic mass is 9.83. The molecule has 0 radical (unpaired) electrons. The van der Waals surface area contributed by atoms with E-state index in [0.29, 0.717) is 47.5 Å². The van der Waals surface area contributed by atoms with Gasteiger partial charge in [0.05, 0.1) is 12.2 Å². The number of fused-ring (bicyclic) bond motifs is 5. The molecule has 5 aliphatic rings. The summed E-state index contributed by atoms with van der Waals surface area (Å²) in [5.74, 6) is 2.53. The molecule has 1 N–H and O–H groups in total. The molecule has 7 atom stereocenters. The zero-order valence-electron chi connectivity index (χ0n) is 21.5. The Morgan fingerprint density at radius 1 is 0.722 bits per heavy atom. The summed E-state index contributed by atoms with van der Waals surface area (Å²) in [4.78, 5) is 0. The minimum atomic E-state index is -1.89. The molecule has 2 nitrogen and oxygen atoms in total. The molecule has 3 heteroatoms. The van der Waals surface area contributed by atoms with Crippen LogP contribution >= 0.6 is 0 Å². The molecule has 36 heavy (non-hydrogen) atoms. The summed E-state index contributed by atoms with van der Waals surface area (Å²) in [5, 5.41) is 6.74. The molecule has 0 spiro atoms. The highest BCUT2D eigenvalue weighted by Gasteiger charge is 2.59. The van der Waals surface area contributed by atoms with E-state index >= 15 is 0 Å². The van der Waals surface area contributed by atoms with E-state index in [0.717, 1.165) is 0 Å². The van der Waals surface area contributed by atoms with Gasteiger partial charge in [-0.05, 0) is 58.0 Å². The number of allylic oxidation sites excluding steroid dienone is 10. The third-order valence-corrected chi connectivity index (χ3v) is 14.1. The van der Waals surface area contributed by atoms with E-state index < -0.39 is 8.24 Å². The summed E-state index contributed by atoms with van der Waals surface area (Å²) in [7, 11) is -1.89. The van der Waals surface area contributed by atoms with Gasteiger partial charge in [-0.25, -0.2) is 0 Å². The zero-order valence-corrected chi connectivity index (χ0v) is 22.5. The van der Waals surface area contributed by atoms with E-state index in [9.17, 15) is 0 Å². The lowest BCUT2D eigenvalue weighted by Gasteiger charge is -2.48. The predicted molar refractivity (Wildman–Crippen MR) is 155 cm³/mol. The highest BCUT2D eigenvalue weighted by atomic mass is 28.3. The van der Waals surface area contributed by atoms with Gasteiger partial charge in [0.25, 0.3) is 0 Å². The van der Waals surface area contributed by atoms with Crippen molar-refractivity contribution in [3.63, 3.8) is 0 Å². The number of nitrogens with zero attached hydrogens (tertiary/aromatic N) is 1. The zero-order chi connectivity index (χ0) is 24.4. The van der Waals surface area contributed by atoms with Gasteiger partial charge in [-0.1, -0.05) is 122 Å². The van der Waals surface area contributed by atoms with Crippen molar-refractivity contribution < 1.29 is 0 Å². The van der Waals surface area contributed by atoms with Crippen LogP contribution in [0.15, 0.2) is 109 Å². The minimum absolute atomic E-state index is 0.319. The maximum atomic E-state index is 4.07. The van der Waals surface area contributed by atoms with Crippen molar-refractivity contribution in [3.05, 3.63) is 115 Å². The van der Waals surface area contributed by atoms with Gasteiger partial charge in [-0.3, -0.25) is 5.32 Å². The summed E-state index contributed by atoms with van der Waals surface area (Å²) >= 11 is 0. The SMILES string of the molecule is C[C@H]1NC2C(c3cccc4ccccc34)=CC=C[C@H]2N1[Si](C)(C)C1C2C=CC=CC2C2C=CC=CC21. The van der Waals surface area contributed by atoms with Gasteiger partial charge >= 0.3 is 0 Å². The average molecular weight is 489 g/mol. The van der Waals surface area contributed by atoms with Crippen molar-refractivity contribution in [2.24, 2.45) is 23.7 Å². The molecule has 0 aromatic heterocycles. The molecule has 2 fully saturated rings. The molecule has 2 aromatic rings. The van der Waals surface area contributed by atoms with Crippen molar-refractivity contribution in [1.29, 1.82) is 0 Å². The number of hydrogen-bond donors (Lipinski definition) is 1. The smallest absolute Gasteiger partial charge is 0.129 e. The summed E-state index contributed by atoms with van der Waals surface area (Å²) in [6.45, 7) is 7.71. The van der Waals surface area contributed by atoms with E-state index in [4.69, 9.17) is 0 Å². The molecule has 1 saturated carbocycles. The first-order chi connectivity index (χ1) is 17.6. The minimum Gasteiger partial charge on any atom is -0.301 e. The van der Waals surface area contributed by atoms with Crippen LogP contribution in [0.3, 0.4) is 0 Å². The van der Waals surface area contributed by atoms with E-state index in [1.54, 1.807) is 0 Å². The van der Waals surface area contributed by atoms with Gasteiger partial charge in [0.15, 0.2) is 0 Å². The van der Waals surface area contributed by atoms with Gasteiger partial charge in [0.2, 0.25) is 0 Å². The second kappa shape index (κ2) is 8.41.